The monoisotopic (exact) mass is 371 g/mol. The van der Waals surface area contributed by atoms with Crippen molar-refractivity contribution in [3.8, 4) is 5.13 Å². The van der Waals surface area contributed by atoms with E-state index in [1.165, 1.54) is 17.8 Å². The number of aryl methyl sites for hydroxylation is 1. The number of amides is 1. The fraction of sp³-hybridized carbons (Fsp3) is 0.389. The summed E-state index contributed by atoms with van der Waals surface area (Å²) in [6.45, 7) is 3.39. The summed E-state index contributed by atoms with van der Waals surface area (Å²) in [6, 6.07) is 3.86. The lowest BCUT2D eigenvalue weighted by Gasteiger charge is -2.22. The summed E-state index contributed by atoms with van der Waals surface area (Å²) in [5.41, 5.74) is 1.40. The van der Waals surface area contributed by atoms with Crippen molar-refractivity contribution in [3.05, 3.63) is 47.5 Å². The topological polar surface area (TPSA) is 74.0 Å². The fourth-order valence-electron chi connectivity index (χ4n) is 3.04. The van der Waals surface area contributed by atoms with Crippen LogP contribution in [-0.4, -0.2) is 37.9 Å². The number of thiazole rings is 1. The molecule has 0 unspecified atom stereocenters. The van der Waals surface area contributed by atoms with Crippen LogP contribution in [0.25, 0.3) is 5.13 Å². The van der Waals surface area contributed by atoms with Crippen molar-refractivity contribution in [2.45, 2.75) is 38.8 Å². The number of nitrogens with zero attached hydrogens (tertiary/aromatic N) is 4. The average molecular weight is 371 g/mol. The van der Waals surface area contributed by atoms with Gasteiger partial charge in [0.25, 0.3) is 5.91 Å². The molecule has 0 aromatic carbocycles. The lowest BCUT2D eigenvalue weighted by molar-refractivity contribution is 0.00401. The van der Waals surface area contributed by atoms with Crippen LogP contribution >= 0.6 is 11.3 Å². The van der Waals surface area contributed by atoms with Crippen molar-refractivity contribution in [1.82, 2.24) is 19.3 Å². The molecule has 0 bridgehead atoms. The van der Waals surface area contributed by atoms with E-state index < -0.39 is 0 Å². The molecule has 1 amide bonds. The summed E-state index contributed by atoms with van der Waals surface area (Å²) < 4.78 is 9.47. The second kappa shape index (κ2) is 7.43. The maximum absolute atomic E-state index is 12.6. The van der Waals surface area contributed by atoms with Gasteiger partial charge in [-0.1, -0.05) is 11.3 Å². The Morgan fingerprint density at radius 2 is 2.23 bits per heavy atom. The molecule has 4 rings (SSSR count). The van der Waals surface area contributed by atoms with Crippen LogP contribution in [0.4, 0.5) is 5.69 Å². The molecule has 1 N–H and O–H groups in total. The highest BCUT2D eigenvalue weighted by molar-refractivity contribution is 7.16. The molecule has 136 valence electrons. The molecule has 0 saturated carbocycles. The Balaban J connectivity index is 1.42. The summed E-state index contributed by atoms with van der Waals surface area (Å²) in [4.78, 5) is 17.7. The van der Waals surface area contributed by atoms with Gasteiger partial charge >= 0.3 is 0 Å². The molecule has 1 atom stereocenters. The standard InChI is InChI=1S/C18H21N5O2S/c1-13-16(26-18(20-13)22-7-3-4-8-22)17(24)21-14-10-19-23(11-14)12-15-6-2-5-9-25-15/h3-4,7-8,10-11,15H,2,5-6,9,12H2,1H3,(H,21,24)/t15-/m1/s1. The first kappa shape index (κ1) is 17.0. The van der Waals surface area contributed by atoms with Gasteiger partial charge in [0, 0.05) is 25.2 Å². The number of rotatable bonds is 5. The molecule has 0 radical (unpaired) electrons. The van der Waals surface area contributed by atoms with E-state index in [-0.39, 0.29) is 12.0 Å². The zero-order valence-corrected chi connectivity index (χ0v) is 15.4. The summed E-state index contributed by atoms with van der Waals surface area (Å²) in [6.07, 6.45) is 10.9. The van der Waals surface area contributed by atoms with Gasteiger partial charge in [-0.2, -0.15) is 5.10 Å². The first-order valence-corrected chi connectivity index (χ1v) is 9.57. The van der Waals surface area contributed by atoms with E-state index in [0.717, 1.165) is 30.3 Å². The van der Waals surface area contributed by atoms with Crippen LogP contribution in [0.15, 0.2) is 36.9 Å². The van der Waals surface area contributed by atoms with E-state index in [4.69, 9.17) is 4.74 Å². The van der Waals surface area contributed by atoms with Crippen LogP contribution in [-0.2, 0) is 11.3 Å². The van der Waals surface area contributed by atoms with E-state index in [0.29, 0.717) is 17.1 Å². The Morgan fingerprint density at radius 3 is 3.00 bits per heavy atom. The Bertz CT molecular complexity index is 877. The number of hydrogen-bond donors (Lipinski definition) is 1. The maximum atomic E-state index is 12.6. The van der Waals surface area contributed by atoms with Crippen molar-refractivity contribution in [3.63, 3.8) is 0 Å². The molecule has 1 aliphatic rings. The summed E-state index contributed by atoms with van der Waals surface area (Å²) in [5, 5.41) is 8.02. The molecule has 1 aliphatic heterocycles. The third kappa shape index (κ3) is 3.71. The molecule has 4 heterocycles. The van der Waals surface area contributed by atoms with Crippen LogP contribution in [0.3, 0.4) is 0 Å². The van der Waals surface area contributed by atoms with Crippen molar-refractivity contribution in [2.24, 2.45) is 0 Å². The minimum absolute atomic E-state index is 0.160. The van der Waals surface area contributed by atoms with Crippen molar-refractivity contribution in [1.29, 1.82) is 0 Å². The smallest absolute Gasteiger partial charge is 0.267 e. The van der Waals surface area contributed by atoms with Crippen molar-refractivity contribution < 1.29 is 9.53 Å². The highest BCUT2D eigenvalue weighted by Crippen LogP contribution is 2.23. The molecule has 3 aromatic heterocycles. The molecule has 1 saturated heterocycles. The van der Waals surface area contributed by atoms with Gasteiger partial charge in [0.15, 0.2) is 5.13 Å². The van der Waals surface area contributed by atoms with Gasteiger partial charge in [0.2, 0.25) is 0 Å². The van der Waals surface area contributed by atoms with E-state index in [2.05, 4.69) is 15.4 Å². The summed E-state index contributed by atoms with van der Waals surface area (Å²) >= 11 is 1.37. The predicted molar refractivity (Wildman–Crippen MR) is 99.9 cm³/mol. The normalized spacial score (nSPS) is 17.3. The Morgan fingerprint density at radius 1 is 1.38 bits per heavy atom. The van der Waals surface area contributed by atoms with Crippen LogP contribution in [0, 0.1) is 6.92 Å². The maximum Gasteiger partial charge on any atom is 0.267 e. The van der Waals surface area contributed by atoms with Crippen LogP contribution < -0.4 is 5.32 Å². The molecular weight excluding hydrogens is 350 g/mol. The summed E-state index contributed by atoms with van der Waals surface area (Å²) in [5.74, 6) is -0.160. The third-order valence-corrected chi connectivity index (χ3v) is 5.54. The second-order valence-corrected chi connectivity index (χ2v) is 7.37. The molecule has 7 nitrogen and oxygen atoms in total. The van der Waals surface area contributed by atoms with E-state index >= 15 is 0 Å². The zero-order chi connectivity index (χ0) is 17.9. The van der Waals surface area contributed by atoms with Gasteiger partial charge in [-0.25, -0.2) is 4.98 Å². The Labute approximate surface area is 155 Å². The van der Waals surface area contributed by atoms with Gasteiger partial charge in [0.05, 0.1) is 30.2 Å². The van der Waals surface area contributed by atoms with Gasteiger partial charge in [-0.3, -0.25) is 9.48 Å². The first-order chi connectivity index (χ1) is 12.7. The van der Waals surface area contributed by atoms with Crippen LogP contribution in [0.5, 0.6) is 0 Å². The quantitative estimate of drug-likeness (QED) is 0.747. The largest absolute Gasteiger partial charge is 0.376 e. The van der Waals surface area contributed by atoms with E-state index in [1.54, 1.807) is 6.20 Å². The number of carbonyl (C=O) groups is 1. The number of anilines is 1. The molecule has 0 spiro atoms. The van der Waals surface area contributed by atoms with E-state index in [1.807, 2.05) is 46.9 Å². The highest BCUT2D eigenvalue weighted by Gasteiger charge is 2.18. The predicted octanol–water partition coefficient (Wildman–Crippen LogP) is 3.26. The van der Waals surface area contributed by atoms with Crippen LogP contribution in [0.1, 0.15) is 34.6 Å². The van der Waals surface area contributed by atoms with Crippen LogP contribution in [0.2, 0.25) is 0 Å². The SMILES string of the molecule is Cc1nc(-n2cccc2)sc1C(=O)Nc1cnn(C[C@H]2CCCCO2)c1. The molecule has 26 heavy (non-hydrogen) atoms. The molecule has 3 aromatic rings. The Hall–Kier alpha value is -2.45. The Kier molecular flexibility index (Phi) is 4.85. The number of ether oxygens (including phenoxy) is 1. The molecule has 0 aliphatic carbocycles. The van der Waals surface area contributed by atoms with Crippen molar-refractivity contribution >= 4 is 22.9 Å². The zero-order valence-electron chi connectivity index (χ0n) is 14.6. The minimum Gasteiger partial charge on any atom is -0.376 e. The minimum atomic E-state index is -0.160. The molecule has 1 fully saturated rings. The first-order valence-electron chi connectivity index (χ1n) is 8.75. The van der Waals surface area contributed by atoms with E-state index in [9.17, 15) is 4.79 Å². The van der Waals surface area contributed by atoms with Gasteiger partial charge in [0.1, 0.15) is 4.88 Å². The average Bonchev–Trinajstić information content (AvgIpc) is 3.37. The third-order valence-electron chi connectivity index (χ3n) is 4.37. The molecule has 8 heteroatoms. The fourth-order valence-corrected chi connectivity index (χ4v) is 3.97. The molecular formula is C18H21N5O2S. The summed E-state index contributed by atoms with van der Waals surface area (Å²) in [7, 11) is 0. The van der Waals surface area contributed by atoms with Gasteiger partial charge in [-0.15, -0.1) is 0 Å². The number of carbonyl (C=O) groups excluding carboxylic acids is 1. The van der Waals surface area contributed by atoms with Gasteiger partial charge < -0.3 is 14.6 Å². The van der Waals surface area contributed by atoms with Crippen molar-refractivity contribution in [2.75, 3.05) is 11.9 Å². The lowest BCUT2D eigenvalue weighted by atomic mass is 10.1. The second-order valence-electron chi connectivity index (χ2n) is 6.40. The number of aromatic nitrogens is 4. The highest BCUT2D eigenvalue weighted by atomic mass is 32.1. The number of hydrogen-bond acceptors (Lipinski definition) is 5. The number of nitrogens with one attached hydrogen (secondary N) is 1. The van der Waals surface area contributed by atoms with Gasteiger partial charge in [-0.05, 0) is 38.3 Å². The lowest BCUT2D eigenvalue weighted by Crippen LogP contribution is -2.24.